The Morgan fingerprint density at radius 3 is 2.58 bits per heavy atom. The molecule has 1 saturated heterocycles. The topological polar surface area (TPSA) is 73.3 Å². The summed E-state index contributed by atoms with van der Waals surface area (Å²) in [6.45, 7) is 5.61. The summed E-state index contributed by atoms with van der Waals surface area (Å²) in [6.07, 6.45) is -0.237. The van der Waals surface area contributed by atoms with Crippen molar-refractivity contribution in [2.75, 3.05) is 58.8 Å². The first-order valence-corrected chi connectivity index (χ1v) is 8.92. The molecule has 1 aliphatic rings. The number of carbonyl (C=O) groups excluding carboxylic acids is 1. The monoisotopic (exact) mass is 354 g/mol. The number of piperazine rings is 1. The number of nitrogens with one attached hydrogen (secondary N) is 1. The van der Waals surface area contributed by atoms with Gasteiger partial charge in [-0.15, -0.1) is 11.3 Å². The van der Waals surface area contributed by atoms with Crippen molar-refractivity contribution in [1.29, 1.82) is 0 Å². The summed E-state index contributed by atoms with van der Waals surface area (Å²) in [4.78, 5) is 26.5. The second kappa shape index (κ2) is 8.72. The number of nitrogens with zero attached hydrogens (tertiary/aromatic N) is 5. The molecule has 1 fully saturated rings. The Bertz CT molecular complexity index is 566. The van der Waals surface area contributed by atoms with Gasteiger partial charge in [-0.3, -0.25) is 4.99 Å². The largest absolute Gasteiger partial charge is 0.450 e. The summed E-state index contributed by atoms with van der Waals surface area (Å²) in [6, 6.07) is 0. The van der Waals surface area contributed by atoms with Crippen LogP contribution in [0.4, 0.5) is 9.93 Å². The lowest BCUT2D eigenvalue weighted by molar-refractivity contribution is 0.0914. The van der Waals surface area contributed by atoms with Crippen LogP contribution in [0.2, 0.25) is 0 Å². The molecule has 2 rings (SSSR count). The quantitative estimate of drug-likeness (QED) is 0.644. The third-order valence-corrected chi connectivity index (χ3v) is 4.72. The lowest BCUT2D eigenvalue weighted by atomic mass is 10.3. The van der Waals surface area contributed by atoms with Crippen molar-refractivity contribution in [3.05, 3.63) is 11.1 Å². The molecule has 0 unspecified atom stereocenters. The van der Waals surface area contributed by atoms with Crippen LogP contribution in [0.25, 0.3) is 0 Å². The van der Waals surface area contributed by atoms with Crippen LogP contribution >= 0.6 is 11.3 Å². The molecule has 24 heavy (non-hydrogen) atoms. The maximum atomic E-state index is 11.7. The summed E-state index contributed by atoms with van der Waals surface area (Å²) < 4.78 is 5.04. The molecule has 1 N–H and O–H groups in total. The minimum absolute atomic E-state index is 0.237. The van der Waals surface area contributed by atoms with Crippen molar-refractivity contribution in [1.82, 2.24) is 20.1 Å². The maximum Gasteiger partial charge on any atom is 0.409 e. The van der Waals surface area contributed by atoms with E-state index in [0.717, 1.165) is 29.9 Å². The molecule has 0 aliphatic carbocycles. The van der Waals surface area contributed by atoms with Crippen molar-refractivity contribution >= 4 is 28.5 Å². The number of hydrogen-bond acceptors (Lipinski definition) is 6. The zero-order valence-corrected chi connectivity index (χ0v) is 15.6. The number of aliphatic imine (C=N–C) groups is 1. The van der Waals surface area contributed by atoms with Crippen molar-refractivity contribution < 1.29 is 9.53 Å². The molecule has 1 aromatic heterocycles. The summed E-state index contributed by atoms with van der Waals surface area (Å²) in [5.74, 6) is 0.831. The highest BCUT2D eigenvalue weighted by molar-refractivity contribution is 7.13. The van der Waals surface area contributed by atoms with Gasteiger partial charge >= 0.3 is 6.09 Å². The minimum atomic E-state index is -0.237. The Hall–Kier alpha value is -2.03. The SMILES string of the molecule is CCOC(=O)N1CCN(C(=NC)NCc2csc(N(C)C)n2)CC1. The third kappa shape index (κ3) is 4.73. The standard InChI is InChI=1S/C15H26N6O2S/c1-5-23-15(22)21-8-6-20(7-9-21)13(16-2)17-10-12-11-24-14(18-12)19(3)4/h11H,5-10H2,1-4H3,(H,16,17). The van der Waals surface area contributed by atoms with Crippen LogP contribution < -0.4 is 10.2 Å². The Balaban J connectivity index is 1.83. The molecule has 1 aromatic rings. The third-order valence-electron chi connectivity index (χ3n) is 3.67. The molecule has 0 spiro atoms. The van der Waals surface area contributed by atoms with E-state index in [0.29, 0.717) is 26.2 Å². The molecular formula is C15H26N6O2S. The number of amides is 1. The van der Waals surface area contributed by atoms with Gasteiger partial charge in [-0.05, 0) is 6.92 Å². The van der Waals surface area contributed by atoms with Crippen LogP contribution in [0.3, 0.4) is 0 Å². The number of hydrogen-bond donors (Lipinski definition) is 1. The van der Waals surface area contributed by atoms with Crippen molar-refractivity contribution in [2.45, 2.75) is 13.5 Å². The predicted molar refractivity (Wildman–Crippen MR) is 96.8 cm³/mol. The molecule has 2 heterocycles. The highest BCUT2D eigenvalue weighted by Gasteiger charge is 2.23. The number of carbonyl (C=O) groups is 1. The molecule has 9 heteroatoms. The van der Waals surface area contributed by atoms with E-state index in [2.05, 4.69) is 20.2 Å². The fraction of sp³-hybridized carbons (Fsp3) is 0.667. The number of rotatable bonds is 4. The first-order valence-electron chi connectivity index (χ1n) is 8.04. The first kappa shape index (κ1) is 18.3. The molecule has 0 saturated carbocycles. The van der Waals surface area contributed by atoms with Gasteiger partial charge in [0.15, 0.2) is 11.1 Å². The summed E-state index contributed by atoms with van der Waals surface area (Å²) in [5, 5.41) is 6.38. The van der Waals surface area contributed by atoms with Crippen LogP contribution in [0.1, 0.15) is 12.6 Å². The highest BCUT2D eigenvalue weighted by Crippen LogP contribution is 2.17. The number of thiazole rings is 1. The van der Waals surface area contributed by atoms with E-state index in [9.17, 15) is 4.79 Å². The van der Waals surface area contributed by atoms with Crippen LogP contribution in [0.5, 0.6) is 0 Å². The van der Waals surface area contributed by atoms with Gasteiger partial charge in [-0.1, -0.05) is 0 Å². The van der Waals surface area contributed by atoms with Gasteiger partial charge in [0.2, 0.25) is 0 Å². The Labute approximate surface area is 147 Å². The highest BCUT2D eigenvalue weighted by atomic mass is 32.1. The van der Waals surface area contributed by atoms with Crippen molar-refractivity contribution in [3.8, 4) is 0 Å². The summed E-state index contributed by atoms with van der Waals surface area (Å²) >= 11 is 1.62. The zero-order valence-electron chi connectivity index (χ0n) is 14.8. The van der Waals surface area contributed by atoms with Crippen molar-refractivity contribution in [2.24, 2.45) is 4.99 Å². The Morgan fingerprint density at radius 2 is 2.04 bits per heavy atom. The molecular weight excluding hydrogens is 328 g/mol. The normalized spacial score (nSPS) is 15.4. The second-order valence-corrected chi connectivity index (χ2v) is 6.43. The van der Waals surface area contributed by atoms with Crippen LogP contribution in [-0.2, 0) is 11.3 Å². The van der Waals surface area contributed by atoms with Gasteiger partial charge < -0.3 is 24.8 Å². The van der Waals surface area contributed by atoms with Gasteiger partial charge in [0, 0.05) is 52.7 Å². The predicted octanol–water partition coefficient (Wildman–Crippen LogP) is 1.06. The van der Waals surface area contributed by atoms with E-state index >= 15 is 0 Å². The molecule has 0 atom stereocenters. The molecule has 0 radical (unpaired) electrons. The van der Waals surface area contributed by atoms with Gasteiger partial charge in [-0.2, -0.15) is 0 Å². The van der Waals surface area contributed by atoms with E-state index in [1.165, 1.54) is 0 Å². The van der Waals surface area contributed by atoms with Crippen LogP contribution in [0.15, 0.2) is 10.4 Å². The van der Waals surface area contributed by atoms with Crippen molar-refractivity contribution in [3.63, 3.8) is 0 Å². The van der Waals surface area contributed by atoms with E-state index in [-0.39, 0.29) is 6.09 Å². The lowest BCUT2D eigenvalue weighted by Crippen LogP contribution is -2.53. The minimum Gasteiger partial charge on any atom is -0.450 e. The Kier molecular flexibility index (Phi) is 6.65. The number of ether oxygens (including phenoxy) is 1. The lowest BCUT2D eigenvalue weighted by Gasteiger charge is -2.35. The molecule has 0 bridgehead atoms. The van der Waals surface area contributed by atoms with Gasteiger partial charge in [0.1, 0.15) is 0 Å². The number of anilines is 1. The van der Waals surface area contributed by atoms with Crippen LogP contribution in [-0.4, -0.2) is 80.8 Å². The number of aromatic nitrogens is 1. The number of guanidine groups is 1. The van der Waals surface area contributed by atoms with E-state index in [1.807, 2.05) is 31.3 Å². The Morgan fingerprint density at radius 1 is 1.38 bits per heavy atom. The average Bonchev–Trinajstić information content (AvgIpc) is 3.05. The van der Waals surface area contributed by atoms with E-state index < -0.39 is 0 Å². The van der Waals surface area contributed by atoms with E-state index in [1.54, 1.807) is 23.3 Å². The summed E-state index contributed by atoms with van der Waals surface area (Å²) in [7, 11) is 5.74. The smallest absolute Gasteiger partial charge is 0.409 e. The molecule has 1 amide bonds. The summed E-state index contributed by atoms with van der Waals surface area (Å²) in [5.41, 5.74) is 0.995. The zero-order chi connectivity index (χ0) is 17.5. The van der Waals surface area contributed by atoms with Gasteiger partial charge in [0.05, 0.1) is 18.8 Å². The molecule has 134 valence electrons. The van der Waals surface area contributed by atoms with Gasteiger partial charge in [-0.25, -0.2) is 9.78 Å². The fourth-order valence-corrected chi connectivity index (χ4v) is 3.16. The van der Waals surface area contributed by atoms with Gasteiger partial charge in [0.25, 0.3) is 0 Å². The van der Waals surface area contributed by atoms with Crippen LogP contribution in [0, 0.1) is 0 Å². The van der Waals surface area contributed by atoms with E-state index in [4.69, 9.17) is 4.74 Å². The molecule has 0 aromatic carbocycles. The first-order chi connectivity index (χ1) is 11.5. The fourth-order valence-electron chi connectivity index (χ4n) is 2.40. The molecule has 8 nitrogen and oxygen atoms in total. The second-order valence-electron chi connectivity index (χ2n) is 5.59. The molecule has 1 aliphatic heterocycles. The average molecular weight is 354 g/mol. The maximum absolute atomic E-state index is 11.7.